The molecule has 0 heterocycles. The minimum absolute atomic E-state index is 0.263. The average Bonchev–Trinajstić information content (AvgIpc) is 2.52. The van der Waals surface area contributed by atoms with Gasteiger partial charge in [-0.05, 0) is 36.2 Å². The van der Waals surface area contributed by atoms with Crippen LogP contribution in [0.2, 0.25) is 0 Å². The largest absolute Gasteiger partial charge is 0.383 e. The topological polar surface area (TPSA) is 59.6 Å². The molecule has 0 bridgehead atoms. The highest BCUT2D eigenvalue weighted by molar-refractivity contribution is 7.80. The average molecular weight is 333 g/mol. The summed E-state index contributed by atoms with van der Waals surface area (Å²) >= 11 is 4.47. The second kappa shape index (κ2) is 7.99. The number of nitrogens with zero attached hydrogens (tertiary/aromatic N) is 1. The number of nitrogens with two attached hydrogens (primary N) is 1. The minimum Gasteiger partial charge on any atom is -0.383 e. The fourth-order valence-electron chi connectivity index (χ4n) is 2.21. The highest BCUT2D eigenvalue weighted by Crippen LogP contribution is 2.35. The smallest absolute Gasteiger partial charge is 0.193 e. The van der Waals surface area contributed by atoms with Crippen LogP contribution in [0.4, 0.5) is 10.1 Å². The molecule has 0 aliphatic rings. The Hall–Kier alpha value is -2.05. The lowest BCUT2D eigenvalue weighted by atomic mass is 9.98. The number of guanidine groups is 1. The summed E-state index contributed by atoms with van der Waals surface area (Å²) in [5.41, 5.74) is 9.17. The zero-order chi connectivity index (χ0) is 16.8. The third kappa shape index (κ3) is 4.46. The van der Waals surface area contributed by atoms with Crippen molar-refractivity contribution in [3.63, 3.8) is 0 Å². The Kier molecular flexibility index (Phi) is 6.01. The number of ether oxygens (including phenoxy) is 1. The number of aryl methyl sites for hydroxylation is 1. The molecule has 0 atom stereocenters. The third-order valence-corrected chi connectivity index (χ3v) is 3.74. The SMILES string of the molecule is COCCN=C(N)Nc1c(S)cccc1-c1cc(F)ccc1C. The van der Waals surface area contributed by atoms with Crippen LogP contribution in [-0.4, -0.2) is 26.2 Å². The van der Waals surface area contributed by atoms with Gasteiger partial charge < -0.3 is 15.8 Å². The van der Waals surface area contributed by atoms with E-state index in [2.05, 4.69) is 22.9 Å². The Morgan fingerprint density at radius 1 is 1.30 bits per heavy atom. The van der Waals surface area contributed by atoms with Crippen molar-refractivity contribution in [2.75, 3.05) is 25.6 Å². The molecule has 4 nitrogen and oxygen atoms in total. The van der Waals surface area contributed by atoms with Gasteiger partial charge in [-0.1, -0.05) is 18.2 Å². The Bertz CT molecular complexity index is 719. The number of hydrogen-bond acceptors (Lipinski definition) is 3. The molecule has 0 aliphatic heterocycles. The van der Waals surface area contributed by atoms with Crippen molar-refractivity contribution < 1.29 is 9.13 Å². The fourth-order valence-corrected chi connectivity index (χ4v) is 2.47. The summed E-state index contributed by atoms with van der Waals surface area (Å²) in [6, 6.07) is 10.3. The Morgan fingerprint density at radius 2 is 2.09 bits per heavy atom. The molecular formula is C17H20FN3OS. The first kappa shape index (κ1) is 17.3. The van der Waals surface area contributed by atoms with Gasteiger partial charge in [-0.25, -0.2) is 4.39 Å². The van der Waals surface area contributed by atoms with E-state index < -0.39 is 0 Å². The summed E-state index contributed by atoms with van der Waals surface area (Å²) in [7, 11) is 1.60. The molecule has 0 fully saturated rings. The lowest BCUT2D eigenvalue weighted by molar-refractivity contribution is 0.208. The van der Waals surface area contributed by atoms with Crippen LogP contribution in [0.25, 0.3) is 11.1 Å². The second-order valence-electron chi connectivity index (χ2n) is 5.04. The van der Waals surface area contributed by atoms with E-state index in [9.17, 15) is 4.39 Å². The van der Waals surface area contributed by atoms with Crippen molar-refractivity contribution in [1.82, 2.24) is 0 Å². The normalized spacial score (nSPS) is 11.6. The summed E-state index contributed by atoms with van der Waals surface area (Å²) in [5.74, 6) is -0.0262. The predicted octanol–water partition coefficient (Wildman–Crippen LogP) is 3.46. The Labute approximate surface area is 141 Å². The van der Waals surface area contributed by atoms with Crippen LogP contribution >= 0.6 is 12.6 Å². The number of nitrogens with one attached hydrogen (secondary N) is 1. The summed E-state index contributed by atoms with van der Waals surface area (Å²) in [4.78, 5) is 4.88. The molecule has 2 rings (SSSR count). The fraction of sp³-hybridized carbons (Fsp3) is 0.235. The number of halogens is 1. The van der Waals surface area contributed by atoms with Gasteiger partial charge in [-0.15, -0.1) is 12.6 Å². The van der Waals surface area contributed by atoms with Crippen molar-refractivity contribution in [2.24, 2.45) is 10.7 Å². The number of para-hydroxylation sites is 1. The number of methoxy groups -OCH3 is 1. The van der Waals surface area contributed by atoms with Crippen molar-refractivity contribution in [3.8, 4) is 11.1 Å². The first-order valence-corrected chi connectivity index (χ1v) is 7.62. The summed E-state index contributed by atoms with van der Waals surface area (Å²) in [6.07, 6.45) is 0. The molecule has 0 unspecified atom stereocenters. The van der Waals surface area contributed by atoms with E-state index in [4.69, 9.17) is 10.5 Å². The van der Waals surface area contributed by atoms with Gasteiger partial charge in [0.15, 0.2) is 5.96 Å². The van der Waals surface area contributed by atoms with Crippen LogP contribution in [0.3, 0.4) is 0 Å². The number of aliphatic imine (C=N–C) groups is 1. The van der Waals surface area contributed by atoms with Gasteiger partial charge in [-0.2, -0.15) is 0 Å². The van der Waals surface area contributed by atoms with Crippen molar-refractivity contribution >= 4 is 24.3 Å². The number of rotatable bonds is 5. The maximum Gasteiger partial charge on any atom is 0.193 e. The molecule has 0 radical (unpaired) electrons. The van der Waals surface area contributed by atoms with Crippen LogP contribution < -0.4 is 11.1 Å². The number of anilines is 1. The molecule has 0 aromatic heterocycles. The van der Waals surface area contributed by atoms with E-state index in [0.29, 0.717) is 23.7 Å². The Balaban J connectivity index is 2.40. The monoisotopic (exact) mass is 333 g/mol. The third-order valence-electron chi connectivity index (χ3n) is 3.36. The van der Waals surface area contributed by atoms with E-state index in [-0.39, 0.29) is 11.8 Å². The van der Waals surface area contributed by atoms with Crippen molar-refractivity contribution in [2.45, 2.75) is 11.8 Å². The summed E-state index contributed by atoms with van der Waals surface area (Å²) in [6.45, 7) is 2.87. The number of benzene rings is 2. The minimum atomic E-state index is -0.289. The predicted molar refractivity (Wildman–Crippen MR) is 95.8 cm³/mol. The molecule has 0 saturated heterocycles. The molecule has 3 N–H and O–H groups in total. The number of hydrogen-bond donors (Lipinski definition) is 3. The van der Waals surface area contributed by atoms with E-state index in [0.717, 1.165) is 16.7 Å². The maximum absolute atomic E-state index is 13.6. The molecule has 0 aliphatic carbocycles. The standard InChI is InChI=1S/C17H20FN3OS/c1-11-6-7-12(18)10-14(11)13-4-3-5-15(23)16(13)21-17(19)20-8-9-22-2/h3-7,10,23H,8-9H2,1-2H3,(H3,19,20,21). The quantitative estimate of drug-likeness (QED) is 0.340. The van der Waals surface area contributed by atoms with E-state index >= 15 is 0 Å². The molecule has 2 aromatic rings. The van der Waals surface area contributed by atoms with Crippen molar-refractivity contribution in [3.05, 3.63) is 47.8 Å². The molecule has 122 valence electrons. The zero-order valence-electron chi connectivity index (χ0n) is 13.1. The van der Waals surface area contributed by atoms with Gasteiger partial charge in [0.05, 0.1) is 18.8 Å². The highest BCUT2D eigenvalue weighted by atomic mass is 32.1. The molecule has 0 saturated carbocycles. The second-order valence-corrected chi connectivity index (χ2v) is 5.53. The maximum atomic E-state index is 13.6. The van der Waals surface area contributed by atoms with E-state index in [1.807, 2.05) is 25.1 Å². The first-order valence-electron chi connectivity index (χ1n) is 7.17. The van der Waals surface area contributed by atoms with Crippen LogP contribution in [0, 0.1) is 12.7 Å². The van der Waals surface area contributed by atoms with Gasteiger partial charge in [0.2, 0.25) is 0 Å². The molecule has 23 heavy (non-hydrogen) atoms. The number of thiol groups is 1. The van der Waals surface area contributed by atoms with Crippen LogP contribution in [-0.2, 0) is 4.74 Å². The van der Waals surface area contributed by atoms with Gasteiger partial charge in [-0.3, -0.25) is 4.99 Å². The highest BCUT2D eigenvalue weighted by Gasteiger charge is 2.12. The zero-order valence-corrected chi connectivity index (χ0v) is 14.0. The van der Waals surface area contributed by atoms with Crippen LogP contribution in [0.5, 0.6) is 0 Å². The molecular weight excluding hydrogens is 313 g/mol. The van der Waals surface area contributed by atoms with E-state index in [1.54, 1.807) is 13.2 Å². The lowest BCUT2D eigenvalue weighted by Crippen LogP contribution is -2.24. The molecule has 0 spiro atoms. The van der Waals surface area contributed by atoms with Crippen LogP contribution in [0.1, 0.15) is 5.56 Å². The summed E-state index contributed by atoms with van der Waals surface area (Å²) < 4.78 is 18.6. The van der Waals surface area contributed by atoms with Gasteiger partial charge in [0.25, 0.3) is 0 Å². The Morgan fingerprint density at radius 3 is 2.83 bits per heavy atom. The summed E-state index contributed by atoms with van der Waals surface area (Å²) in [5, 5.41) is 3.06. The lowest BCUT2D eigenvalue weighted by Gasteiger charge is -2.16. The molecule has 2 aromatic carbocycles. The first-order chi connectivity index (χ1) is 11.0. The van der Waals surface area contributed by atoms with Gasteiger partial charge >= 0.3 is 0 Å². The molecule has 0 amide bonds. The molecule has 6 heteroatoms. The van der Waals surface area contributed by atoms with Crippen molar-refractivity contribution in [1.29, 1.82) is 0 Å². The van der Waals surface area contributed by atoms with Gasteiger partial charge in [0.1, 0.15) is 5.82 Å². The van der Waals surface area contributed by atoms with Crippen LogP contribution in [0.15, 0.2) is 46.3 Å². The van der Waals surface area contributed by atoms with Gasteiger partial charge in [0, 0.05) is 17.6 Å². The van der Waals surface area contributed by atoms with E-state index in [1.165, 1.54) is 12.1 Å².